The van der Waals surface area contributed by atoms with Crippen LogP contribution in [0, 0.1) is 0 Å². The van der Waals surface area contributed by atoms with Crippen LogP contribution in [-0.2, 0) is 0 Å². The molecule has 2 aromatic rings. The zero-order chi connectivity index (χ0) is 12.3. The lowest BCUT2D eigenvalue weighted by Gasteiger charge is -2.01. The molecular formula is C12H8Cl2N2O. The molecule has 0 aliphatic rings. The van der Waals surface area contributed by atoms with Gasteiger partial charge in [0.1, 0.15) is 16.5 Å². The van der Waals surface area contributed by atoms with E-state index < -0.39 is 0 Å². The topological polar surface area (TPSA) is 45.0 Å². The van der Waals surface area contributed by atoms with Crippen molar-refractivity contribution in [3.05, 3.63) is 52.5 Å². The molecule has 3 nitrogen and oxygen atoms in total. The molecule has 0 saturated heterocycles. The third kappa shape index (κ3) is 2.75. The van der Waals surface area contributed by atoms with E-state index in [2.05, 4.69) is 10.2 Å². The van der Waals surface area contributed by atoms with Gasteiger partial charge in [0, 0.05) is 0 Å². The first-order chi connectivity index (χ1) is 8.18. The van der Waals surface area contributed by atoms with Crippen LogP contribution in [0.25, 0.3) is 0 Å². The molecule has 0 aliphatic carbocycles. The number of aromatic hydroxyl groups is 1. The normalized spacial score (nSPS) is 10.9. The largest absolute Gasteiger partial charge is 0.506 e. The first-order valence-corrected chi connectivity index (χ1v) is 5.58. The zero-order valence-electron chi connectivity index (χ0n) is 8.64. The van der Waals surface area contributed by atoms with Crippen LogP contribution in [0.1, 0.15) is 0 Å². The summed E-state index contributed by atoms with van der Waals surface area (Å²) in [4.78, 5) is 0. The van der Waals surface area contributed by atoms with Crippen LogP contribution in [0.4, 0.5) is 11.4 Å². The van der Waals surface area contributed by atoms with Crippen molar-refractivity contribution in [2.75, 3.05) is 0 Å². The molecule has 0 radical (unpaired) electrons. The van der Waals surface area contributed by atoms with Gasteiger partial charge in [-0.1, -0.05) is 41.4 Å². The van der Waals surface area contributed by atoms with Crippen LogP contribution in [-0.4, -0.2) is 5.11 Å². The number of nitrogens with zero attached hydrogens (tertiary/aromatic N) is 2. The number of halogens is 2. The lowest BCUT2D eigenvalue weighted by atomic mass is 10.3. The van der Waals surface area contributed by atoms with Gasteiger partial charge in [-0.05, 0) is 24.3 Å². The molecule has 0 aliphatic heterocycles. The number of phenols is 1. The van der Waals surface area contributed by atoms with Gasteiger partial charge < -0.3 is 5.11 Å². The Kier molecular flexibility index (Phi) is 3.61. The summed E-state index contributed by atoms with van der Waals surface area (Å²) in [5.41, 5.74) is 1.13. The summed E-state index contributed by atoms with van der Waals surface area (Å²) in [6, 6.07) is 12.2. The summed E-state index contributed by atoms with van der Waals surface area (Å²) >= 11 is 11.7. The van der Waals surface area contributed by atoms with Crippen LogP contribution >= 0.6 is 23.2 Å². The number of phenolic OH excluding ortho intramolecular Hbond substituents is 1. The number of rotatable bonds is 2. The van der Waals surface area contributed by atoms with Gasteiger partial charge in [0.15, 0.2) is 0 Å². The van der Waals surface area contributed by atoms with E-state index in [1.807, 2.05) is 30.3 Å². The van der Waals surface area contributed by atoms with Crippen molar-refractivity contribution >= 4 is 34.6 Å². The SMILES string of the molecule is Oc1ccc(/N=N/c2ccccc2)c(Cl)c1Cl. The van der Waals surface area contributed by atoms with Crippen molar-refractivity contribution < 1.29 is 5.11 Å². The van der Waals surface area contributed by atoms with Crippen molar-refractivity contribution in [3.63, 3.8) is 0 Å². The first kappa shape index (κ1) is 11.9. The summed E-state index contributed by atoms with van der Waals surface area (Å²) < 4.78 is 0. The van der Waals surface area contributed by atoms with E-state index in [4.69, 9.17) is 23.2 Å². The van der Waals surface area contributed by atoms with E-state index in [0.717, 1.165) is 0 Å². The van der Waals surface area contributed by atoms with Crippen LogP contribution in [0.3, 0.4) is 0 Å². The van der Waals surface area contributed by atoms with E-state index >= 15 is 0 Å². The Hall–Kier alpha value is -1.58. The summed E-state index contributed by atoms with van der Waals surface area (Å²) in [6.07, 6.45) is 0. The second-order valence-corrected chi connectivity index (χ2v) is 4.02. The highest BCUT2D eigenvalue weighted by Gasteiger charge is 2.08. The van der Waals surface area contributed by atoms with Crippen LogP contribution in [0.5, 0.6) is 5.75 Å². The standard InChI is InChI=1S/C12H8Cl2N2O/c13-11-9(6-7-10(17)12(11)14)16-15-8-4-2-1-3-5-8/h1-7,17H/b16-15+. The monoisotopic (exact) mass is 266 g/mol. The molecule has 0 bridgehead atoms. The molecule has 0 saturated carbocycles. The van der Waals surface area contributed by atoms with Gasteiger partial charge in [-0.3, -0.25) is 0 Å². The molecule has 2 aromatic carbocycles. The van der Waals surface area contributed by atoms with Gasteiger partial charge in [0.05, 0.1) is 10.7 Å². The summed E-state index contributed by atoms with van der Waals surface area (Å²) in [7, 11) is 0. The van der Waals surface area contributed by atoms with Gasteiger partial charge in [-0.15, -0.1) is 5.11 Å². The van der Waals surface area contributed by atoms with Crippen LogP contribution in [0.2, 0.25) is 10.0 Å². The minimum absolute atomic E-state index is 0.0738. The Morgan fingerprint density at radius 2 is 1.53 bits per heavy atom. The predicted octanol–water partition coefficient (Wildman–Crippen LogP) is 5.11. The van der Waals surface area contributed by atoms with E-state index in [-0.39, 0.29) is 15.8 Å². The van der Waals surface area contributed by atoms with Gasteiger partial charge in [-0.2, -0.15) is 5.11 Å². The van der Waals surface area contributed by atoms with Crippen molar-refractivity contribution in [1.29, 1.82) is 0 Å². The Morgan fingerprint density at radius 1 is 0.824 bits per heavy atom. The maximum atomic E-state index is 9.32. The van der Waals surface area contributed by atoms with E-state index in [9.17, 15) is 5.11 Å². The summed E-state index contributed by atoms with van der Waals surface area (Å²) in [6.45, 7) is 0. The maximum Gasteiger partial charge on any atom is 0.135 e. The Balaban J connectivity index is 2.31. The summed E-state index contributed by atoms with van der Waals surface area (Å²) in [5.74, 6) is -0.0738. The number of benzene rings is 2. The van der Waals surface area contributed by atoms with Crippen molar-refractivity contribution in [2.45, 2.75) is 0 Å². The molecule has 17 heavy (non-hydrogen) atoms. The van der Waals surface area contributed by atoms with E-state index in [0.29, 0.717) is 11.4 Å². The van der Waals surface area contributed by atoms with Crippen molar-refractivity contribution in [2.24, 2.45) is 10.2 Å². The molecule has 0 aromatic heterocycles. The predicted molar refractivity (Wildman–Crippen MR) is 68.7 cm³/mol. The first-order valence-electron chi connectivity index (χ1n) is 4.82. The second-order valence-electron chi connectivity index (χ2n) is 3.27. The lowest BCUT2D eigenvalue weighted by molar-refractivity contribution is 0.475. The molecule has 2 rings (SSSR count). The third-order valence-electron chi connectivity index (χ3n) is 2.07. The molecule has 86 valence electrons. The van der Waals surface area contributed by atoms with Crippen LogP contribution in [0.15, 0.2) is 52.7 Å². The van der Waals surface area contributed by atoms with Gasteiger partial charge in [-0.25, -0.2) is 0 Å². The molecule has 1 N–H and O–H groups in total. The fourth-order valence-electron chi connectivity index (χ4n) is 1.21. The van der Waals surface area contributed by atoms with E-state index in [1.165, 1.54) is 6.07 Å². The average molecular weight is 267 g/mol. The minimum atomic E-state index is -0.0738. The maximum absolute atomic E-state index is 9.32. The highest BCUT2D eigenvalue weighted by Crippen LogP contribution is 2.38. The quantitative estimate of drug-likeness (QED) is 0.754. The molecular weight excluding hydrogens is 259 g/mol. The second kappa shape index (κ2) is 5.17. The van der Waals surface area contributed by atoms with Gasteiger partial charge in [0.2, 0.25) is 0 Å². The van der Waals surface area contributed by atoms with Crippen LogP contribution < -0.4 is 0 Å². The molecule has 0 unspecified atom stereocenters. The Bertz CT molecular complexity index is 556. The molecule has 0 amide bonds. The third-order valence-corrected chi connectivity index (χ3v) is 2.93. The van der Waals surface area contributed by atoms with Crippen molar-refractivity contribution in [1.82, 2.24) is 0 Å². The number of hydrogen-bond donors (Lipinski definition) is 1. The molecule has 0 atom stereocenters. The van der Waals surface area contributed by atoms with Crippen molar-refractivity contribution in [3.8, 4) is 5.75 Å². The Labute approximate surface area is 108 Å². The number of hydrogen-bond acceptors (Lipinski definition) is 3. The summed E-state index contributed by atoms with van der Waals surface area (Å²) in [5, 5.41) is 17.6. The van der Waals surface area contributed by atoms with Gasteiger partial charge >= 0.3 is 0 Å². The fraction of sp³-hybridized carbons (Fsp3) is 0. The Morgan fingerprint density at radius 3 is 2.24 bits per heavy atom. The molecule has 5 heteroatoms. The highest BCUT2D eigenvalue weighted by molar-refractivity contribution is 6.44. The molecule has 0 fully saturated rings. The average Bonchev–Trinajstić information content (AvgIpc) is 2.36. The lowest BCUT2D eigenvalue weighted by Crippen LogP contribution is -1.72. The minimum Gasteiger partial charge on any atom is -0.506 e. The van der Waals surface area contributed by atoms with E-state index in [1.54, 1.807) is 6.07 Å². The van der Waals surface area contributed by atoms with Gasteiger partial charge in [0.25, 0.3) is 0 Å². The molecule has 0 heterocycles. The zero-order valence-corrected chi connectivity index (χ0v) is 10.2. The number of azo groups is 1. The fourth-order valence-corrected chi connectivity index (χ4v) is 1.57. The molecule has 0 spiro atoms. The smallest absolute Gasteiger partial charge is 0.135 e. The highest BCUT2D eigenvalue weighted by atomic mass is 35.5.